The third kappa shape index (κ3) is 3.49. The van der Waals surface area contributed by atoms with Crippen molar-refractivity contribution >= 4 is 5.78 Å². The van der Waals surface area contributed by atoms with Crippen LogP contribution >= 0.6 is 0 Å². The van der Waals surface area contributed by atoms with E-state index in [4.69, 9.17) is 4.74 Å². The fourth-order valence-electron chi connectivity index (χ4n) is 4.30. The monoisotopic (exact) mass is 369 g/mol. The summed E-state index contributed by atoms with van der Waals surface area (Å²) in [6.07, 6.45) is 1.91. The Kier molecular flexibility index (Phi) is 4.74. The summed E-state index contributed by atoms with van der Waals surface area (Å²) in [5, 5.41) is 10.9. The average Bonchev–Trinajstić information content (AvgIpc) is 2.99. The van der Waals surface area contributed by atoms with Crippen LogP contribution in [0.2, 0.25) is 0 Å². The van der Waals surface area contributed by atoms with Gasteiger partial charge in [-0.05, 0) is 60.7 Å². The molecule has 1 unspecified atom stereocenters. The number of hydrogen-bond donors (Lipinski definition) is 1. The number of likely N-dealkylation sites (tertiary alicyclic amines) is 1. The molecule has 5 heteroatoms. The number of hydrogen-bond acceptors (Lipinski definition) is 4. The van der Waals surface area contributed by atoms with E-state index in [0.29, 0.717) is 19.4 Å². The Morgan fingerprint density at radius 3 is 2.56 bits per heavy atom. The van der Waals surface area contributed by atoms with Crippen molar-refractivity contribution in [1.29, 1.82) is 0 Å². The Bertz CT molecular complexity index is 841. The summed E-state index contributed by atoms with van der Waals surface area (Å²) in [6.45, 7) is 2.14. The highest BCUT2D eigenvalue weighted by Gasteiger charge is 2.37. The van der Waals surface area contributed by atoms with Gasteiger partial charge in [-0.15, -0.1) is 0 Å². The minimum absolute atomic E-state index is 0.0379. The Balaban J connectivity index is 1.38. The normalized spacial score (nSPS) is 21.9. The Morgan fingerprint density at radius 1 is 1.19 bits per heavy atom. The van der Waals surface area contributed by atoms with Crippen molar-refractivity contribution in [2.24, 2.45) is 5.92 Å². The van der Waals surface area contributed by atoms with E-state index in [1.807, 2.05) is 18.2 Å². The number of carbonyl (C=O) groups excluding carboxylic acids is 1. The van der Waals surface area contributed by atoms with E-state index < -0.39 is 5.60 Å². The summed E-state index contributed by atoms with van der Waals surface area (Å²) >= 11 is 0. The lowest BCUT2D eigenvalue weighted by Crippen LogP contribution is -2.44. The summed E-state index contributed by atoms with van der Waals surface area (Å²) in [7, 11) is 1.63. The van der Waals surface area contributed by atoms with E-state index in [2.05, 4.69) is 4.90 Å². The van der Waals surface area contributed by atoms with Crippen molar-refractivity contribution in [2.75, 3.05) is 26.7 Å². The molecule has 0 saturated carbocycles. The van der Waals surface area contributed by atoms with Gasteiger partial charge in [-0.3, -0.25) is 4.79 Å². The van der Waals surface area contributed by atoms with Crippen molar-refractivity contribution in [3.05, 3.63) is 65.0 Å². The molecule has 2 aromatic rings. The number of Topliss-reactive ketones (excluding diaryl/α,β-unsaturated/α-hetero) is 1. The molecule has 1 heterocycles. The molecule has 0 bridgehead atoms. The third-order valence-electron chi connectivity index (χ3n) is 5.96. The minimum atomic E-state index is -0.916. The van der Waals surface area contributed by atoms with E-state index in [0.717, 1.165) is 42.0 Å². The highest BCUT2D eigenvalue weighted by molar-refractivity contribution is 6.02. The number of nitrogens with zero attached hydrogens (tertiary/aromatic N) is 1. The van der Waals surface area contributed by atoms with Crippen LogP contribution in [-0.2, 0) is 12.0 Å². The fourth-order valence-corrected chi connectivity index (χ4v) is 4.30. The topological polar surface area (TPSA) is 49.8 Å². The number of ether oxygens (including phenoxy) is 1. The van der Waals surface area contributed by atoms with Crippen LogP contribution in [0.4, 0.5) is 4.39 Å². The molecule has 1 saturated heterocycles. The average molecular weight is 369 g/mol. The number of rotatable bonds is 4. The van der Waals surface area contributed by atoms with Gasteiger partial charge in [0.15, 0.2) is 5.78 Å². The first-order valence-corrected chi connectivity index (χ1v) is 9.40. The molecule has 1 aliphatic carbocycles. The maximum atomic E-state index is 13.1. The van der Waals surface area contributed by atoms with Crippen LogP contribution in [0.3, 0.4) is 0 Å². The fraction of sp³-hybridized carbons (Fsp3) is 0.409. The van der Waals surface area contributed by atoms with Crippen LogP contribution in [0, 0.1) is 11.7 Å². The molecule has 4 nitrogen and oxygen atoms in total. The molecule has 1 fully saturated rings. The largest absolute Gasteiger partial charge is 0.497 e. The third-order valence-corrected chi connectivity index (χ3v) is 5.96. The predicted molar refractivity (Wildman–Crippen MR) is 100 cm³/mol. The van der Waals surface area contributed by atoms with Crippen molar-refractivity contribution in [1.82, 2.24) is 4.90 Å². The number of methoxy groups -OCH3 is 1. The number of halogens is 1. The summed E-state index contributed by atoms with van der Waals surface area (Å²) in [6, 6.07) is 11.8. The number of aliphatic hydroxyl groups is 1. The van der Waals surface area contributed by atoms with E-state index in [1.165, 1.54) is 12.1 Å². The van der Waals surface area contributed by atoms with Gasteiger partial charge in [-0.25, -0.2) is 4.39 Å². The van der Waals surface area contributed by atoms with Gasteiger partial charge in [-0.1, -0.05) is 12.1 Å². The van der Waals surface area contributed by atoms with Gasteiger partial charge in [-0.2, -0.15) is 0 Å². The SMILES string of the molecule is COc1ccc2c(c1)CC(CN1CCC(O)(c3ccc(F)cc3)CC1)C2=O. The molecule has 0 radical (unpaired) electrons. The summed E-state index contributed by atoms with van der Waals surface area (Å²) in [5.41, 5.74) is 1.71. The molecule has 2 aromatic carbocycles. The van der Waals surface area contributed by atoms with Gasteiger partial charge in [0, 0.05) is 31.1 Å². The lowest BCUT2D eigenvalue weighted by Gasteiger charge is -2.39. The molecule has 1 N–H and O–H groups in total. The molecular formula is C22H24FNO3. The summed E-state index contributed by atoms with van der Waals surface area (Å²) < 4.78 is 18.4. The number of piperidine rings is 1. The lowest BCUT2D eigenvalue weighted by molar-refractivity contribution is -0.0279. The molecule has 0 aromatic heterocycles. The van der Waals surface area contributed by atoms with Crippen molar-refractivity contribution < 1.29 is 19.0 Å². The highest BCUT2D eigenvalue weighted by Crippen LogP contribution is 2.35. The van der Waals surface area contributed by atoms with Crippen LogP contribution in [0.1, 0.15) is 34.3 Å². The van der Waals surface area contributed by atoms with Crippen LogP contribution < -0.4 is 4.74 Å². The van der Waals surface area contributed by atoms with Crippen LogP contribution in [0.15, 0.2) is 42.5 Å². The standard InChI is InChI=1S/C22H24FNO3/c1-27-19-6-7-20-15(13-19)12-16(21(20)25)14-24-10-8-22(26,9-11-24)17-2-4-18(23)5-3-17/h2-7,13,16,26H,8-12,14H2,1H3. The molecule has 142 valence electrons. The smallest absolute Gasteiger partial charge is 0.167 e. The van der Waals surface area contributed by atoms with E-state index in [1.54, 1.807) is 19.2 Å². The number of benzene rings is 2. The van der Waals surface area contributed by atoms with Crippen molar-refractivity contribution in [3.8, 4) is 5.75 Å². The molecule has 0 spiro atoms. The second kappa shape index (κ2) is 7.06. The van der Waals surface area contributed by atoms with Gasteiger partial charge < -0.3 is 14.7 Å². The highest BCUT2D eigenvalue weighted by atomic mass is 19.1. The number of carbonyl (C=O) groups is 1. The maximum Gasteiger partial charge on any atom is 0.167 e. The zero-order valence-electron chi connectivity index (χ0n) is 15.5. The molecule has 27 heavy (non-hydrogen) atoms. The zero-order valence-corrected chi connectivity index (χ0v) is 15.5. The molecule has 0 amide bonds. The Morgan fingerprint density at radius 2 is 1.89 bits per heavy atom. The van der Waals surface area contributed by atoms with Crippen LogP contribution in [0.5, 0.6) is 5.75 Å². The molecular weight excluding hydrogens is 345 g/mol. The first kappa shape index (κ1) is 18.1. The molecule has 2 aliphatic rings. The van der Waals surface area contributed by atoms with Gasteiger partial charge in [0.2, 0.25) is 0 Å². The zero-order chi connectivity index (χ0) is 19.0. The Labute approximate surface area is 158 Å². The predicted octanol–water partition coefficient (Wildman–Crippen LogP) is 3.17. The van der Waals surface area contributed by atoms with Gasteiger partial charge >= 0.3 is 0 Å². The van der Waals surface area contributed by atoms with Gasteiger partial charge in [0.1, 0.15) is 11.6 Å². The number of fused-ring (bicyclic) bond motifs is 1. The van der Waals surface area contributed by atoms with Crippen LogP contribution in [0.25, 0.3) is 0 Å². The second-order valence-electron chi connectivity index (χ2n) is 7.63. The van der Waals surface area contributed by atoms with E-state index in [9.17, 15) is 14.3 Å². The molecule has 1 aliphatic heterocycles. The van der Waals surface area contributed by atoms with Crippen LogP contribution in [-0.4, -0.2) is 42.5 Å². The van der Waals surface area contributed by atoms with Gasteiger partial charge in [0.25, 0.3) is 0 Å². The van der Waals surface area contributed by atoms with Gasteiger partial charge in [0.05, 0.1) is 12.7 Å². The lowest BCUT2D eigenvalue weighted by atomic mass is 9.84. The van der Waals surface area contributed by atoms with E-state index in [-0.39, 0.29) is 17.5 Å². The van der Waals surface area contributed by atoms with Crippen molar-refractivity contribution in [2.45, 2.75) is 24.9 Å². The molecule has 4 rings (SSSR count). The second-order valence-corrected chi connectivity index (χ2v) is 7.63. The quantitative estimate of drug-likeness (QED) is 0.899. The van der Waals surface area contributed by atoms with Crippen molar-refractivity contribution in [3.63, 3.8) is 0 Å². The first-order valence-electron chi connectivity index (χ1n) is 9.40. The Hall–Kier alpha value is -2.24. The van der Waals surface area contributed by atoms with E-state index >= 15 is 0 Å². The molecule has 1 atom stereocenters. The minimum Gasteiger partial charge on any atom is -0.497 e. The first-order chi connectivity index (χ1) is 13.0. The number of ketones is 1. The summed E-state index contributed by atoms with van der Waals surface area (Å²) in [5.74, 6) is 0.649. The maximum absolute atomic E-state index is 13.1. The summed E-state index contributed by atoms with van der Waals surface area (Å²) in [4.78, 5) is 15.0.